The van der Waals surface area contributed by atoms with Gasteiger partial charge in [-0.1, -0.05) is 6.07 Å². The zero-order chi connectivity index (χ0) is 27.6. The van der Waals surface area contributed by atoms with E-state index in [1.807, 2.05) is 29.9 Å². The number of nitrogens with one attached hydrogen (secondary N) is 2. The molecule has 0 unspecified atom stereocenters. The number of amides is 4. The Kier molecular flexibility index (Phi) is 7.62. The Hall–Kier alpha value is -4.07. The van der Waals surface area contributed by atoms with Gasteiger partial charge in [0.15, 0.2) is 9.84 Å². The number of anilines is 1. The first-order chi connectivity index (χ1) is 17.9. The number of halogens is 3. The van der Waals surface area contributed by atoms with Gasteiger partial charge in [0, 0.05) is 54.1 Å². The number of hydrazine groups is 1. The molecular formula is C24H24F3N5O5S. The number of carbonyl (C=O) groups excluding carboxylic acids is 3. The van der Waals surface area contributed by atoms with Crippen LogP contribution in [0.3, 0.4) is 0 Å². The maximum absolute atomic E-state index is 15.1. The second kappa shape index (κ2) is 10.7. The number of hydrogen-bond donors (Lipinski definition) is 2. The second-order valence-corrected chi connectivity index (χ2v) is 11.0. The van der Waals surface area contributed by atoms with Crippen molar-refractivity contribution in [2.24, 2.45) is 7.05 Å². The number of nitrogens with zero attached hydrogens (tertiary/aromatic N) is 3. The monoisotopic (exact) mass is 551 g/mol. The number of carbonyl (C=O) groups is 3. The number of rotatable bonds is 5. The van der Waals surface area contributed by atoms with E-state index < -0.39 is 39.9 Å². The first kappa shape index (κ1) is 27.0. The molecule has 4 rings (SSSR count). The van der Waals surface area contributed by atoms with Crippen molar-refractivity contribution in [3.63, 3.8) is 0 Å². The molecule has 2 aromatic carbocycles. The summed E-state index contributed by atoms with van der Waals surface area (Å²) >= 11 is 0. The van der Waals surface area contributed by atoms with Crippen LogP contribution in [-0.2, 0) is 28.2 Å². The molecule has 0 spiro atoms. The molecule has 1 aliphatic heterocycles. The summed E-state index contributed by atoms with van der Waals surface area (Å²) in [6.45, 7) is -0.245. The lowest BCUT2D eigenvalue weighted by atomic mass is 10.1. The molecule has 0 saturated carbocycles. The Morgan fingerprint density at radius 1 is 1.03 bits per heavy atom. The van der Waals surface area contributed by atoms with E-state index in [9.17, 15) is 31.6 Å². The van der Waals surface area contributed by atoms with Gasteiger partial charge in [0.05, 0.1) is 18.1 Å². The first-order valence-electron chi connectivity index (χ1n) is 11.4. The van der Waals surface area contributed by atoms with E-state index in [0.717, 1.165) is 17.0 Å². The van der Waals surface area contributed by atoms with E-state index in [4.69, 9.17) is 0 Å². The van der Waals surface area contributed by atoms with E-state index in [0.29, 0.717) is 5.69 Å². The third kappa shape index (κ3) is 5.90. The maximum Gasteiger partial charge on any atom is 0.324 e. The summed E-state index contributed by atoms with van der Waals surface area (Å²) in [6.07, 6.45) is -1.49. The molecule has 0 atom stereocenters. The molecule has 3 aromatic rings. The van der Waals surface area contributed by atoms with Crippen molar-refractivity contribution in [3.05, 3.63) is 65.6 Å². The van der Waals surface area contributed by atoms with Crippen LogP contribution in [0.1, 0.15) is 15.9 Å². The molecule has 4 amide bonds. The number of fused-ring (bicyclic) bond motifs is 1. The normalized spacial score (nSPS) is 14.9. The van der Waals surface area contributed by atoms with Crippen LogP contribution in [0.15, 0.2) is 48.7 Å². The van der Waals surface area contributed by atoms with Crippen molar-refractivity contribution < 1.29 is 36.0 Å². The fourth-order valence-electron chi connectivity index (χ4n) is 4.01. The van der Waals surface area contributed by atoms with Gasteiger partial charge in [-0.15, -0.1) is 0 Å². The Labute approximate surface area is 215 Å². The number of benzene rings is 2. The Morgan fingerprint density at radius 3 is 2.39 bits per heavy atom. The molecule has 10 nitrogen and oxygen atoms in total. The van der Waals surface area contributed by atoms with Gasteiger partial charge in [-0.25, -0.2) is 17.6 Å². The summed E-state index contributed by atoms with van der Waals surface area (Å²) in [7, 11) is -1.37. The highest BCUT2D eigenvalue weighted by Crippen LogP contribution is 2.26. The van der Waals surface area contributed by atoms with E-state index in [-0.39, 0.29) is 42.3 Å². The number of sulfone groups is 1. The zero-order valence-corrected chi connectivity index (χ0v) is 21.0. The van der Waals surface area contributed by atoms with Crippen molar-refractivity contribution in [2.45, 2.75) is 13.0 Å². The van der Waals surface area contributed by atoms with Gasteiger partial charge in [-0.05, 0) is 36.4 Å². The van der Waals surface area contributed by atoms with Crippen molar-refractivity contribution in [1.82, 2.24) is 20.3 Å². The smallest absolute Gasteiger partial charge is 0.324 e. The molecule has 1 saturated heterocycles. The summed E-state index contributed by atoms with van der Waals surface area (Å²) in [5, 5.41) is 0.836. The number of aromatic nitrogens is 1. The third-order valence-corrected chi connectivity index (χ3v) is 7.78. The van der Waals surface area contributed by atoms with E-state index >= 15 is 4.39 Å². The van der Waals surface area contributed by atoms with Crippen LogP contribution in [0.5, 0.6) is 0 Å². The lowest BCUT2D eigenvalue weighted by Gasteiger charge is -2.33. The van der Waals surface area contributed by atoms with E-state index in [1.54, 1.807) is 17.6 Å². The summed E-state index contributed by atoms with van der Waals surface area (Å²) in [4.78, 5) is 39.3. The average Bonchev–Trinajstić information content (AvgIpc) is 3.25. The van der Waals surface area contributed by atoms with Crippen LogP contribution in [0.25, 0.3) is 10.9 Å². The van der Waals surface area contributed by atoms with Crippen LogP contribution in [0.4, 0.5) is 23.7 Å². The fourth-order valence-corrected chi connectivity index (χ4v) is 5.21. The van der Waals surface area contributed by atoms with Gasteiger partial charge >= 0.3 is 18.4 Å². The first-order valence-corrected chi connectivity index (χ1v) is 13.3. The zero-order valence-electron chi connectivity index (χ0n) is 20.2. The lowest BCUT2D eigenvalue weighted by molar-refractivity contribution is -0.132. The van der Waals surface area contributed by atoms with Crippen molar-refractivity contribution in [1.29, 1.82) is 0 Å². The molecule has 14 heteroatoms. The minimum Gasteiger partial charge on any atom is -0.351 e. The van der Waals surface area contributed by atoms with Crippen LogP contribution >= 0.6 is 0 Å². The highest BCUT2D eigenvalue weighted by molar-refractivity contribution is 7.91. The largest absolute Gasteiger partial charge is 0.351 e. The van der Waals surface area contributed by atoms with Crippen LogP contribution in [0.2, 0.25) is 0 Å². The van der Waals surface area contributed by atoms with Crippen LogP contribution in [0, 0.1) is 5.82 Å². The molecule has 2 N–H and O–H groups in total. The highest BCUT2D eigenvalue weighted by Gasteiger charge is 2.30. The van der Waals surface area contributed by atoms with Crippen molar-refractivity contribution in [3.8, 4) is 0 Å². The Morgan fingerprint density at radius 2 is 1.74 bits per heavy atom. The quantitative estimate of drug-likeness (QED) is 0.471. The van der Waals surface area contributed by atoms with Gasteiger partial charge in [0.1, 0.15) is 5.82 Å². The van der Waals surface area contributed by atoms with Crippen LogP contribution < -0.4 is 15.8 Å². The number of urea groups is 1. The van der Waals surface area contributed by atoms with Crippen molar-refractivity contribution in [2.75, 3.05) is 29.5 Å². The molecule has 0 radical (unpaired) electrons. The molecule has 1 aliphatic rings. The SMILES string of the molecule is Cn1ccc2cc(N(Cc3ccc(C(=O)NNC(=O)C(F)F)cc3F)C(=O)N3CCS(=O)(=O)CC3)ccc21. The maximum atomic E-state index is 15.1. The fraction of sp³-hybridized carbons (Fsp3) is 0.292. The Bertz CT molecular complexity index is 1490. The van der Waals surface area contributed by atoms with Gasteiger partial charge in [-0.3, -0.25) is 25.3 Å². The summed E-state index contributed by atoms with van der Waals surface area (Å²) in [5.41, 5.74) is 4.47. The lowest BCUT2D eigenvalue weighted by Crippen LogP contribution is -2.49. The topological polar surface area (TPSA) is 121 Å². The van der Waals surface area contributed by atoms with Gasteiger partial charge in [0.25, 0.3) is 5.91 Å². The number of aryl methyl sites for hydroxylation is 1. The molecule has 38 heavy (non-hydrogen) atoms. The highest BCUT2D eigenvalue weighted by atomic mass is 32.2. The molecule has 1 aromatic heterocycles. The summed E-state index contributed by atoms with van der Waals surface area (Å²) in [6, 6.07) is 9.96. The molecule has 202 valence electrons. The minimum absolute atomic E-state index is 0.00280. The standard InChI is InChI=1S/C24H24F3N5O5S/c1-30-7-6-15-12-18(4-5-20(15)30)32(24(35)31-8-10-38(36,37)11-9-31)14-17-3-2-16(13-19(17)25)22(33)28-29-23(34)21(26)27/h2-7,12-13,21H,8-11,14H2,1H3,(H,28,33)(H,29,34). The molecule has 1 fully saturated rings. The van der Waals surface area contributed by atoms with E-state index in [1.165, 1.54) is 27.4 Å². The van der Waals surface area contributed by atoms with Gasteiger partial charge in [0.2, 0.25) is 0 Å². The predicted octanol–water partition coefficient (Wildman–Crippen LogP) is 2.20. The molecule has 0 aliphatic carbocycles. The number of hydrogen-bond acceptors (Lipinski definition) is 5. The second-order valence-electron chi connectivity index (χ2n) is 8.73. The minimum atomic E-state index is -3.34. The predicted molar refractivity (Wildman–Crippen MR) is 133 cm³/mol. The molecule has 2 heterocycles. The molecule has 0 bridgehead atoms. The van der Waals surface area contributed by atoms with Crippen LogP contribution in [-0.4, -0.2) is 66.8 Å². The Balaban J connectivity index is 1.60. The van der Waals surface area contributed by atoms with E-state index in [2.05, 4.69) is 0 Å². The number of alkyl halides is 2. The van der Waals surface area contributed by atoms with Gasteiger partial charge in [-0.2, -0.15) is 8.78 Å². The average molecular weight is 552 g/mol. The molecular weight excluding hydrogens is 527 g/mol. The summed E-state index contributed by atoms with van der Waals surface area (Å²) < 4.78 is 65.2. The van der Waals surface area contributed by atoms with Crippen molar-refractivity contribution >= 4 is 44.3 Å². The van der Waals surface area contributed by atoms with Gasteiger partial charge < -0.3 is 9.47 Å². The third-order valence-electron chi connectivity index (χ3n) is 6.17. The summed E-state index contributed by atoms with van der Waals surface area (Å²) in [5.74, 6) is -3.93.